The molecule has 1 aliphatic rings. The van der Waals surface area contributed by atoms with Gasteiger partial charge < -0.3 is 9.47 Å². The second-order valence-electron chi connectivity index (χ2n) is 11.5. The fourth-order valence-electron chi connectivity index (χ4n) is 5.69. The van der Waals surface area contributed by atoms with Gasteiger partial charge in [-0.05, 0) is 85.3 Å². The average Bonchev–Trinajstić information content (AvgIpc) is 3.39. The molecule has 0 saturated carbocycles. The van der Waals surface area contributed by atoms with Gasteiger partial charge in [0.2, 0.25) is 5.78 Å². The highest BCUT2D eigenvalue weighted by atomic mass is 35.5. The molecule has 0 saturated heterocycles. The zero-order valence-electron chi connectivity index (χ0n) is 26.1. The lowest BCUT2D eigenvalue weighted by Gasteiger charge is -2.16. The van der Waals surface area contributed by atoms with E-state index in [2.05, 4.69) is 0 Å². The number of ketones is 1. The Labute approximate surface area is 286 Å². The number of Topliss-reactive ketones (excluding diaryl/α,β-unsaturated/α-hetero) is 1. The van der Waals surface area contributed by atoms with Crippen molar-refractivity contribution in [2.45, 2.75) is 19.6 Å². The summed E-state index contributed by atoms with van der Waals surface area (Å²) in [4.78, 5) is 58.7. The van der Waals surface area contributed by atoms with Crippen molar-refractivity contribution in [2.75, 3.05) is 4.90 Å². The Balaban J connectivity index is 1.10. The molecular formula is C40H27ClN2O6. The van der Waals surface area contributed by atoms with Gasteiger partial charge in [-0.25, -0.2) is 14.7 Å². The Morgan fingerprint density at radius 2 is 1.43 bits per heavy atom. The van der Waals surface area contributed by atoms with Crippen molar-refractivity contribution in [1.29, 1.82) is 0 Å². The average molecular weight is 667 g/mol. The van der Waals surface area contributed by atoms with Gasteiger partial charge in [-0.1, -0.05) is 66.2 Å². The number of fused-ring (bicyclic) bond motifs is 2. The number of carbonyl (C=O) groups is 4. The van der Waals surface area contributed by atoms with Gasteiger partial charge in [0.25, 0.3) is 11.8 Å². The van der Waals surface area contributed by atoms with Crippen molar-refractivity contribution in [3.63, 3.8) is 0 Å². The van der Waals surface area contributed by atoms with Crippen molar-refractivity contribution >= 4 is 51.8 Å². The summed E-state index contributed by atoms with van der Waals surface area (Å²) < 4.78 is 11.5. The summed E-state index contributed by atoms with van der Waals surface area (Å²) >= 11 is 6.29. The van der Waals surface area contributed by atoms with Gasteiger partial charge in [0, 0.05) is 21.5 Å². The predicted octanol–water partition coefficient (Wildman–Crippen LogP) is 8.36. The van der Waals surface area contributed by atoms with Crippen LogP contribution in [0.2, 0.25) is 5.02 Å². The standard InChI is InChI=1S/C40H27ClN2O6/c1-24(37(44)27-13-18-30(19-14-27)48-23-25-7-3-2-4-8-25)49-40(47)34-22-36(42-35-20-15-28(41)21-33(34)35)26-11-16-29(17-12-26)43-38(45)31-9-5-6-10-32(31)39(43)46/h2-22,24H,23H2,1H3. The molecular weight excluding hydrogens is 640 g/mol. The number of carbonyl (C=O) groups excluding carboxylic acids is 4. The monoisotopic (exact) mass is 666 g/mol. The molecule has 0 bridgehead atoms. The first kappa shape index (κ1) is 31.5. The van der Waals surface area contributed by atoms with Crippen LogP contribution in [0.1, 0.15) is 53.9 Å². The molecule has 5 aromatic carbocycles. The zero-order chi connectivity index (χ0) is 34.1. The Morgan fingerprint density at radius 3 is 2.10 bits per heavy atom. The predicted molar refractivity (Wildman–Crippen MR) is 186 cm³/mol. The summed E-state index contributed by atoms with van der Waals surface area (Å²) in [5.74, 6) is -1.27. The van der Waals surface area contributed by atoms with E-state index in [-0.39, 0.29) is 11.3 Å². The number of benzene rings is 5. The highest BCUT2D eigenvalue weighted by Crippen LogP contribution is 2.32. The summed E-state index contributed by atoms with van der Waals surface area (Å²) in [5, 5.41) is 0.864. The third-order valence-corrected chi connectivity index (χ3v) is 8.48. The van der Waals surface area contributed by atoms with Gasteiger partial charge >= 0.3 is 5.97 Å². The lowest BCUT2D eigenvalue weighted by Crippen LogP contribution is -2.29. The number of aromatic nitrogens is 1. The number of hydrogen-bond acceptors (Lipinski definition) is 7. The first-order valence-electron chi connectivity index (χ1n) is 15.5. The maximum absolute atomic E-state index is 13.6. The van der Waals surface area contributed by atoms with Crippen molar-refractivity contribution in [3.8, 4) is 17.0 Å². The molecule has 0 aliphatic carbocycles. The highest BCUT2D eigenvalue weighted by Gasteiger charge is 2.36. The van der Waals surface area contributed by atoms with Gasteiger partial charge in [0.05, 0.1) is 33.6 Å². The van der Waals surface area contributed by atoms with E-state index in [1.165, 1.54) is 6.92 Å². The number of esters is 1. The maximum Gasteiger partial charge on any atom is 0.339 e. The second kappa shape index (κ2) is 13.2. The van der Waals surface area contributed by atoms with E-state index < -0.39 is 23.9 Å². The third-order valence-electron chi connectivity index (χ3n) is 8.25. The molecule has 1 aliphatic heterocycles. The van der Waals surface area contributed by atoms with Crippen LogP contribution in [-0.4, -0.2) is 34.7 Å². The molecule has 9 heteroatoms. The van der Waals surface area contributed by atoms with Crippen LogP contribution >= 0.6 is 11.6 Å². The van der Waals surface area contributed by atoms with Crippen LogP contribution in [0.15, 0.2) is 127 Å². The fraction of sp³-hybridized carbons (Fsp3) is 0.0750. The normalized spacial score (nSPS) is 12.9. The Bertz CT molecular complexity index is 2220. The number of nitrogens with zero attached hydrogens (tertiary/aromatic N) is 2. The molecule has 8 nitrogen and oxygen atoms in total. The highest BCUT2D eigenvalue weighted by molar-refractivity contribution is 6.34. The molecule has 49 heavy (non-hydrogen) atoms. The smallest absolute Gasteiger partial charge is 0.339 e. The third kappa shape index (κ3) is 6.29. The molecule has 2 amide bonds. The summed E-state index contributed by atoms with van der Waals surface area (Å²) in [5.41, 5.74) is 4.25. The number of anilines is 1. The molecule has 2 heterocycles. The minimum atomic E-state index is -1.09. The summed E-state index contributed by atoms with van der Waals surface area (Å²) in [6, 6.07) is 36.4. The van der Waals surface area contributed by atoms with E-state index in [9.17, 15) is 19.2 Å². The number of rotatable bonds is 9. The first-order chi connectivity index (χ1) is 23.8. The Morgan fingerprint density at radius 1 is 0.776 bits per heavy atom. The fourth-order valence-corrected chi connectivity index (χ4v) is 5.86. The molecule has 1 atom stereocenters. The number of ether oxygens (including phenoxy) is 2. The maximum atomic E-state index is 13.6. The molecule has 240 valence electrons. The van der Waals surface area contributed by atoms with Gasteiger partial charge in [0.1, 0.15) is 12.4 Å². The van der Waals surface area contributed by atoms with Gasteiger partial charge in [-0.2, -0.15) is 0 Å². The Hall–Kier alpha value is -6.12. The van der Waals surface area contributed by atoms with Crippen molar-refractivity contribution < 1.29 is 28.7 Å². The van der Waals surface area contributed by atoms with Gasteiger partial charge in [-0.3, -0.25) is 14.4 Å². The molecule has 7 rings (SSSR count). The van der Waals surface area contributed by atoms with Crippen molar-refractivity contribution in [2.24, 2.45) is 0 Å². The molecule has 0 spiro atoms. The van der Waals surface area contributed by atoms with Gasteiger partial charge in [0.15, 0.2) is 6.10 Å². The minimum absolute atomic E-state index is 0.177. The molecule has 6 aromatic rings. The van der Waals surface area contributed by atoms with E-state index in [0.717, 1.165) is 10.5 Å². The zero-order valence-corrected chi connectivity index (χ0v) is 26.9. The number of hydrogen-bond donors (Lipinski definition) is 0. The van der Waals surface area contributed by atoms with E-state index in [4.69, 9.17) is 26.1 Å². The SMILES string of the molecule is CC(OC(=O)c1cc(-c2ccc(N3C(=O)c4ccccc4C3=O)cc2)nc2ccc(Cl)cc12)C(=O)c1ccc(OCc2ccccc2)cc1. The van der Waals surface area contributed by atoms with Crippen LogP contribution in [0.4, 0.5) is 5.69 Å². The lowest BCUT2D eigenvalue weighted by atomic mass is 10.0. The molecule has 0 fully saturated rings. The van der Waals surface area contributed by atoms with E-state index >= 15 is 0 Å². The first-order valence-corrected chi connectivity index (χ1v) is 15.8. The van der Waals surface area contributed by atoms with Crippen LogP contribution < -0.4 is 9.64 Å². The Kier molecular flexibility index (Phi) is 8.46. The minimum Gasteiger partial charge on any atom is -0.489 e. The van der Waals surface area contributed by atoms with E-state index in [1.54, 1.807) is 97.1 Å². The molecule has 1 aromatic heterocycles. The topological polar surface area (TPSA) is 103 Å². The second-order valence-corrected chi connectivity index (χ2v) is 11.9. The van der Waals surface area contributed by atoms with Crippen LogP contribution in [0, 0.1) is 0 Å². The van der Waals surface area contributed by atoms with Crippen LogP contribution in [-0.2, 0) is 11.3 Å². The molecule has 0 radical (unpaired) electrons. The van der Waals surface area contributed by atoms with Gasteiger partial charge in [-0.15, -0.1) is 0 Å². The summed E-state index contributed by atoms with van der Waals surface area (Å²) in [6.45, 7) is 1.92. The number of imide groups is 1. The lowest BCUT2D eigenvalue weighted by molar-refractivity contribution is 0.0320. The summed E-state index contributed by atoms with van der Waals surface area (Å²) in [7, 11) is 0. The van der Waals surface area contributed by atoms with Crippen LogP contribution in [0.25, 0.3) is 22.2 Å². The van der Waals surface area contributed by atoms with Crippen molar-refractivity contribution in [3.05, 3.63) is 160 Å². The van der Waals surface area contributed by atoms with Crippen LogP contribution in [0.5, 0.6) is 5.75 Å². The number of amides is 2. The van der Waals surface area contributed by atoms with Crippen molar-refractivity contribution in [1.82, 2.24) is 4.98 Å². The number of pyridine rings is 1. The van der Waals surface area contributed by atoms with Crippen LogP contribution in [0.3, 0.4) is 0 Å². The van der Waals surface area contributed by atoms with E-state index in [1.807, 2.05) is 30.3 Å². The quantitative estimate of drug-likeness (QED) is 0.0868. The van der Waals surface area contributed by atoms with E-state index in [0.29, 0.717) is 61.9 Å². The molecule has 0 N–H and O–H groups in total. The largest absolute Gasteiger partial charge is 0.489 e. The number of halogens is 1. The molecule has 1 unspecified atom stereocenters. The summed E-state index contributed by atoms with van der Waals surface area (Å²) in [6.07, 6.45) is -1.09.